The fourth-order valence-electron chi connectivity index (χ4n) is 9.26. The summed E-state index contributed by atoms with van der Waals surface area (Å²) in [7, 11) is 0. The molecule has 0 unspecified atom stereocenters. The molecule has 8 heteroatoms. The molecule has 6 nitrogen and oxygen atoms in total. The molecule has 5 heterocycles. The van der Waals surface area contributed by atoms with Crippen molar-refractivity contribution in [1.29, 1.82) is 0 Å². The van der Waals surface area contributed by atoms with Crippen LogP contribution in [0.5, 0.6) is 11.5 Å². The van der Waals surface area contributed by atoms with Gasteiger partial charge in [-0.05, 0) is 110 Å². The van der Waals surface area contributed by atoms with Crippen LogP contribution in [0.25, 0.3) is 38.8 Å². The fraction of sp³-hybridized carbons (Fsp3) is 0.138. The maximum Gasteiger partial charge on any atom is 0.335 e. The molecular weight excluding hydrogens is 989 g/mol. The molecule has 0 N–H and O–H groups in total. The van der Waals surface area contributed by atoms with E-state index < -0.39 is 0 Å². The number of ether oxygens (including phenoxy) is 1. The van der Waals surface area contributed by atoms with Crippen LogP contribution in [-0.4, -0.2) is 21.2 Å². The minimum Gasteiger partial charge on any atom is -0.509 e. The summed E-state index contributed by atoms with van der Waals surface area (Å²) in [6.45, 7) is 15.6. The molecule has 3 aliphatic heterocycles. The molecule has 66 heavy (non-hydrogen) atoms. The molecule has 0 saturated heterocycles. The summed E-state index contributed by atoms with van der Waals surface area (Å²) >= 11 is 0. The van der Waals surface area contributed by atoms with Crippen LogP contribution in [0.1, 0.15) is 63.8 Å². The van der Waals surface area contributed by atoms with Gasteiger partial charge in [-0.3, -0.25) is 0 Å². The van der Waals surface area contributed by atoms with Crippen molar-refractivity contribution in [3.05, 3.63) is 229 Å². The van der Waals surface area contributed by atoms with Crippen LogP contribution >= 0.6 is 0 Å². The van der Waals surface area contributed by atoms with Crippen molar-refractivity contribution in [2.45, 2.75) is 52.4 Å². The molecular formula is C58H49BN5OPt-3. The number of anilines is 3. The zero-order valence-electron chi connectivity index (χ0n) is 37.9. The van der Waals surface area contributed by atoms with Gasteiger partial charge in [-0.15, -0.1) is 48.1 Å². The van der Waals surface area contributed by atoms with Gasteiger partial charge in [0.15, 0.2) is 0 Å². The topological polar surface area (TPSA) is 36.8 Å². The summed E-state index contributed by atoms with van der Waals surface area (Å²) in [4.78, 5) is 11.7. The van der Waals surface area contributed by atoms with Crippen molar-refractivity contribution in [3.63, 3.8) is 0 Å². The Morgan fingerprint density at radius 3 is 2.08 bits per heavy atom. The molecule has 8 aromatic rings. The summed E-state index contributed by atoms with van der Waals surface area (Å²) in [5.74, 6) is 4.45. The van der Waals surface area contributed by atoms with E-state index in [-0.39, 0.29) is 38.7 Å². The van der Waals surface area contributed by atoms with Crippen molar-refractivity contribution in [2.75, 3.05) is 9.80 Å². The number of rotatable bonds is 7. The molecule has 0 atom stereocenters. The number of hydrogen-bond donors (Lipinski definition) is 0. The molecule has 328 valence electrons. The predicted molar refractivity (Wildman–Crippen MR) is 269 cm³/mol. The molecule has 3 aliphatic rings. The maximum absolute atomic E-state index is 6.67. The second kappa shape index (κ2) is 16.9. The number of nitrogens with zero attached hydrogens (tertiary/aromatic N) is 5. The van der Waals surface area contributed by atoms with Crippen molar-refractivity contribution in [2.24, 2.45) is 0 Å². The minimum absolute atomic E-state index is 0. The minimum atomic E-state index is -0.0763. The largest absolute Gasteiger partial charge is 0.509 e. The molecule has 0 aliphatic carbocycles. The van der Waals surface area contributed by atoms with Crippen molar-refractivity contribution >= 4 is 56.9 Å². The average Bonchev–Trinajstić information content (AvgIpc) is 3.87. The molecule has 2 aromatic heterocycles. The monoisotopic (exact) mass is 1040 g/mol. The summed E-state index contributed by atoms with van der Waals surface area (Å²) in [5.41, 5.74) is 13.5. The van der Waals surface area contributed by atoms with E-state index in [0.29, 0.717) is 11.5 Å². The van der Waals surface area contributed by atoms with Gasteiger partial charge < -0.3 is 23.9 Å². The van der Waals surface area contributed by atoms with E-state index in [1.165, 1.54) is 27.8 Å². The first-order chi connectivity index (χ1) is 31.5. The number of hydrogen-bond acceptors (Lipinski definition) is 5. The Morgan fingerprint density at radius 1 is 0.606 bits per heavy atom. The molecule has 0 fully saturated rings. The zero-order chi connectivity index (χ0) is 44.5. The Bertz CT molecular complexity index is 3260. The second-order valence-electron chi connectivity index (χ2n) is 19.1. The number of para-hydroxylation sites is 3. The van der Waals surface area contributed by atoms with Crippen molar-refractivity contribution < 1.29 is 25.8 Å². The van der Waals surface area contributed by atoms with Crippen LogP contribution < -0.4 is 14.5 Å². The van der Waals surface area contributed by atoms with Gasteiger partial charge in [0.1, 0.15) is 5.82 Å². The summed E-state index contributed by atoms with van der Waals surface area (Å²) in [6, 6.07) is 58.6. The standard InChI is InChI=1S/C58H49BN5O.Pt/c1-57(2,3)43-25-23-40(24-26-43)42-30-33-61-34-31-48(41-15-8-7-9-16-41)56(59(61)38-42)63-39-62(52-21-12-13-22-53(52)63)45-17-14-18-46(36-45)65-47-27-28-50-49-19-10-11-20-51(49)64(54(50)37-47)55-35-44(29-32-60-55)58(4,5)6;/h7-35,38-39H,1-6H3;/q-3;. The first kappa shape index (κ1) is 43.1. The van der Waals surface area contributed by atoms with Crippen LogP contribution in [-0.2, 0) is 31.9 Å². The predicted octanol–water partition coefficient (Wildman–Crippen LogP) is 14.2. The summed E-state index contributed by atoms with van der Waals surface area (Å²) in [6.07, 6.45) is 10.8. The number of pyridine rings is 1. The van der Waals surface area contributed by atoms with E-state index in [2.05, 4.69) is 237 Å². The Kier molecular flexibility index (Phi) is 11.0. The van der Waals surface area contributed by atoms with Crippen LogP contribution in [0.15, 0.2) is 188 Å². The molecule has 0 amide bonds. The average molecular weight is 1040 g/mol. The molecule has 0 radical (unpaired) electrons. The normalized spacial score (nSPS) is 14.7. The first-order valence-corrected chi connectivity index (χ1v) is 22.4. The Morgan fingerprint density at radius 2 is 1.30 bits per heavy atom. The molecule has 0 bridgehead atoms. The first-order valence-electron chi connectivity index (χ1n) is 22.4. The summed E-state index contributed by atoms with van der Waals surface area (Å²) < 4.78 is 8.86. The Labute approximate surface area is 403 Å². The molecule has 6 aromatic carbocycles. The van der Waals surface area contributed by atoms with E-state index in [1.807, 2.05) is 24.4 Å². The van der Waals surface area contributed by atoms with Crippen LogP contribution in [0.2, 0.25) is 0 Å². The van der Waals surface area contributed by atoms with Crippen molar-refractivity contribution in [1.82, 2.24) is 14.4 Å². The van der Waals surface area contributed by atoms with Crippen LogP contribution in [0, 0.1) is 18.8 Å². The fourth-order valence-corrected chi connectivity index (χ4v) is 9.26. The molecule has 11 rings (SSSR count). The molecule has 0 spiro atoms. The van der Waals surface area contributed by atoms with Gasteiger partial charge >= 0.3 is 6.85 Å². The van der Waals surface area contributed by atoms with Gasteiger partial charge in [-0.1, -0.05) is 138 Å². The quantitative estimate of drug-likeness (QED) is 0.117. The third kappa shape index (κ3) is 7.79. The van der Waals surface area contributed by atoms with E-state index in [4.69, 9.17) is 9.72 Å². The van der Waals surface area contributed by atoms with E-state index in [0.717, 1.165) is 55.8 Å². The maximum atomic E-state index is 6.67. The number of fused-ring (bicyclic) bond motifs is 5. The van der Waals surface area contributed by atoms with Crippen molar-refractivity contribution in [3.8, 4) is 17.3 Å². The summed E-state index contributed by atoms with van der Waals surface area (Å²) in [5, 5.41) is 2.23. The van der Waals surface area contributed by atoms with Gasteiger partial charge in [0.25, 0.3) is 0 Å². The van der Waals surface area contributed by atoms with Gasteiger partial charge in [0.2, 0.25) is 0 Å². The Balaban J connectivity index is 0.00000511. The SMILES string of the molecule is CC(C)(C)c1ccc(C2=CB3C(N4[CH-]N(c5[c-]c(Oc6[c-]c7c(cc6)c6ccccc6n7-c6cc(C(C)(C)C)ccn6)ccc5)c5ccccc54)=C(c4ccccc4)C=CN3C=C2)cc1.[Pt]. The second-order valence-corrected chi connectivity index (χ2v) is 19.1. The molecule has 0 saturated carbocycles. The third-order valence-electron chi connectivity index (χ3n) is 12.7. The zero-order valence-corrected chi connectivity index (χ0v) is 40.2. The number of allylic oxidation sites excluding steroid dienone is 4. The van der Waals surface area contributed by atoms with E-state index >= 15 is 0 Å². The number of benzene rings is 6. The smallest absolute Gasteiger partial charge is 0.335 e. The van der Waals surface area contributed by atoms with E-state index in [1.54, 1.807) is 0 Å². The number of aromatic nitrogens is 2. The third-order valence-corrected chi connectivity index (χ3v) is 12.7. The van der Waals surface area contributed by atoms with Gasteiger partial charge in [0, 0.05) is 55.7 Å². The van der Waals surface area contributed by atoms with Gasteiger partial charge in [-0.25, -0.2) is 4.98 Å². The van der Waals surface area contributed by atoms with Crippen LogP contribution in [0.4, 0.5) is 17.1 Å². The van der Waals surface area contributed by atoms with E-state index in [9.17, 15) is 0 Å². The Hall–Kier alpha value is -6.82. The van der Waals surface area contributed by atoms with Gasteiger partial charge in [0.05, 0.1) is 0 Å². The van der Waals surface area contributed by atoms with Crippen LogP contribution in [0.3, 0.4) is 0 Å². The van der Waals surface area contributed by atoms with Gasteiger partial charge in [-0.2, -0.15) is 12.1 Å².